The normalized spacial score (nSPS) is 12.0. The monoisotopic (exact) mass is 172 g/mol. The van der Waals surface area contributed by atoms with Gasteiger partial charge in [-0.15, -0.1) is 0 Å². The predicted molar refractivity (Wildman–Crippen MR) is 46.5 cm³/mol. The van der Waals surface area contributed by atoms with Gasteiger partial charge < -0.3 is 10.2 Å². The topological polar surface area (TPSA) is 49.4 Å². The second kappa shape index (κ2) is 4.74. The Labute approximate surface area is 72.9 Å². The Balaban J connectivity index is 3.91. The summed E-state index contributed by atoms with van der Waals surface area (Å²) in [6, 6.07) is 0. The van der Waals surface area contributed by atoms with Crippen molar-refractivity contribution < 1.29 is 9.59 Å². The summed E-state index contributed by atoms with van der Waals surface area (Å²) in [7, 11) is 3.27. The van der Waals surface area contributed by atoms with Crippen molar-refractivity contribution in [3.63, 3.8) is 0 Å². The molecule has 0 aliphatic carbocycles. The van der Waals surface area contributed by atoms with Crippen LogP contribution in [0.25, 0.3) is 0 Å². The van der Waals surface area contributed by atoms with Crippen LogP contribution in [-0.4, -0.2) is 37.4 Å². The number of hydrogen-bond acceptors (Lipinski definition) is 2. The van der Waals surface area contributed by atoms with Gasteiger partial charge in [-0.05, 0) is 0 Å². The van der Waals surface area contributed by atoms with Gasteiger partial charge in [-0.3, -0.25) is 9.59 Å². The molecule has 0 aromatic rings. The molecule has 4 heteroatoms. The first-order chi connectivity index (χ1) is 5.49. The first-order valence-electron chi connectivity index (χ1n) is 3.92. The van der Waals surface area contributed by atoms with Gasteiger partial charge in [-0.2, -0.15) is 0 Å². The zero-order valence-corrected chi connectivity index (χ0v) is 8.05. The van der Waals surface area contributed by atoms with Gasteiger partial charge in [0.2, 0.25) is 11.8 Å². The number of rotatable bonds is 3. The smallest absolute Gasteiger partial charge is 0.224 e. The van der Waals surface area contributed by atoms with Gasteiger partial charge in [0.05, 0.1) is 5.92 Å². The third kappa shape index (κ3) is 3.37. The van der Waals surface area contributed by atoms with E-state index in [9.17, 15) is 9.59 Å². The van der Waals surface area contributed by atoms with E-state index >= 15 is 0 Å². The fourth-order valence-corrected chi connectivity index (χ4v) is 0.869. The van der Waals surface area contributed by atoms with Crippen LogP contribution in [0.2, 0.25) is 0 Å². The number of nitrogens with zero attached hydrogens (tertiary/aromatic N) is 1. The van der Waals surface area contributed by atoms with Crippen LogP contribution in [-0.2, 0) is 9.59 Å². The number of amides is 2. The molecule has 0 radical (unpaired) electrons. The molecule has 0 spiro atoms. The number of carbonyl (C=O) groups excluding carboxylic acids is 2. The van der Waals surface area contributed by atoms with E-state index in [4.69, 9.17) is 0 Å². The van der Waals surface area contributed by atoms with Crippen LogP contribution in [0.1, 0.15) is 13.8 Å². The second-order valence-electron chi connectivity index (χ2n) is 2.91. The molecule has 12 heavy (non-hydrogen) atoms. The molecule has 0 saturated heterocycles. The lowest BCUT2D eigenvalue weighted by atomic mass is 10.1. The Morgan fingerprint density at radius 2 is 2.00 bits per heavy atom. The highest BCUT2D eigenvalue weighted by molar-refractivity contribution is 5.79. The number of hydrogen-bond donors (Lipinski definition) is 1. The van der Waals surface area contributed by atoms with Crippen molar-refractivity contribution in [1.29, 1.82) is 0 Å². The van der Waals surface area contributed by atoms with Crippen molar-refractivity contribution in [3.05, 3.63) is 0 Å². The van der Waals surface area contributed by atoms with E-state index in [1.807, 2.05) is 0 Å². The summed E-state index contributed by atoms with van der Waals surface area (Å²) in [5, 5.41) is 2.53. The molecular weight excluding hydrogens is 156 g/mol. The number of carbonyl (C=O) groups is 2. The average molecular weight is 172 g/mol. The van der Waals surface area contributed by atoms with E-state index in [1.165, 1.54) is 11.8 Å². The molecular formula is C8H16N2O2. The maximum absolute atomic E-state index is 11.0. The van der Waals surface area contributed by atoms with Crippen molar-refractivity contribution in [2.45, 2.75) is 13.8 Å². The lowest BCUT2D eigenvalue weighted by Gasteiger charge is -2.18. The molecule has 0 aromatic heterocycles. The van der Waals surface area contributed by atoms with E-state index in [-0.39, 0.29) is 17.7 Å². The Kier molecular flexibility index (Phi) is 4.33. The van der Waals surface area contributed by atoms with Crippen molar-refractivity contribution in [2.24, 2.45) is 5.92 Å². The summed E-state index contributed by atoms with van der Waals surface area (Å²) < 4.78 is 0. The van der Waals surface area contributed by atoms with Crippen molar-refractivity contribution in [3.8, 4) is 0 Å². The summed E-state index contributed by atoms with van der Waals surface area (Å²) in [4.78, 5) is 23.3. The van der Waals surface area contributed by atoms with Gasteiger partial charge in [0.25, 0.3) is 0 Å². The molecule has 1 unspecified atom stereocenters. The van der Waals surface area contributed by atoms with E-state index < -0.39 is 0 Å². The van der Waals surface area contributed by atoms with Crippen LogP contribution in [0.3, 0.4) is 0 Å². The lowest BCUT2D eigenvalue weighted by molar-refractivity contribution is -0.130. The largest absolute Gasteiger partial charge is 0.359 e. The maximum atomic E-state index is 11.0. The standard InChI is InChI=1S/C8H16N2O2/c1-6(8(12)9-3)5-10(4)7(2)11/h6H,5H2,1-4H3,(H,9,12). The Morgan fingerprint density at radius 3 is 2.33 bits per heavy atom. The quantitative estimate of drug-likeness (QED) is 0.643. The average Bonchev–Trinajstić information content (AvgIpc) is 2.02. The van der Waals surface area contributed by atoms with Gasteiger partial charge in [-0.25, -0.2) is 0 Å². The second-order valence-corrected chi connectivity index (χ2v) is 2.91. The summed E-state index contributed by atoms with van der Waals surface area (Å²) in [6.45, 7) is 3.74. The Bertz CT molecular complexity index is 180. The molecule has 0 bridgehead atoms. The summed E-state index contributed by atoms with van der Waals surface area (Å²) in [5.41, 5.74) is 0. The first kappa shape index (κ1) is 10.9. The van der Waals surface area contributed by atoms with Crippen LogP contribution >= 0.6 is 0 Å². The third-order valence-corrected chi connectivity index (χ3v) is 1.78. The molecule has 70 valence electrons. The van der Waals surface area contributed by atoms with Crippen LogP contribution < -0.4 is 5.32 Å². The lowest BCUT2D eigenvalue weighted by Crippen LogP contribution is -2.36. The van der Waals surface area contributed by atoms with Crippen molar-refractivity contribution in [1.82, 2.24) is 10.2 Å². The minimum atomic E-state index is -0.149. The zero-order valence-electron chi connectivity index (χ0n) is 8.05. The van der Waals surface area contributed by atoms with E-state index in [0.717, 1.165) is 0 Å². The molecule has 0 aromatic carbocycles. The SMILES string of the molecule is CNC(=O)C(C)CN(C)C(C)=O. The predicted octanol–water partition coefficient (Wildman–Crippen LogP) is -0.153. The molecule has 0 rings (SSSR count). The summed E-state index contributed by atoms with van der Waals surface area (Å²) >= 11 is 0. The summed E-state index contributed by atoms with van der Waals surface area (Å²) in [5.74, 6) is -0.210. The Hall–Kier alpha value is -1.06. The van der Waals surface area contributed by atoms with Gasteiger partial charge in [-0.1, -0.05) is 6.92 Å². The minimum Gasteiger partial charge on any atom is -0.359 e. The fraction of sp³-hybridized carbons (Fsp3) is 0.750. The molecule has 0 heterocycles. The van der Waals surface area contributed by atoms with Crippen LogP contribution in [0, 0.1) is 5.92 Å². The van der Waals surface area contributed by atoms with Crippen LogP contribution in [0.15, 0.2) is 0 Å². The number of nitrogens with one attached hydrogen (secondary N) is 1. The maximum Gasteiger partial charge on any atom is 0.224 e. The van der Waals surface area contributed by atoms with Crippen LogP contribution in [0.4, 0.5) is 0 Å². The molecule has 0 saturated carbocycles. The first-order valence-corrected chi connectivity index (χ1v) is 3.92. The summed E-state index contributed by atoms with van der Waals surface area (Å²) in [6.07, 6.45) is 0. The molecule has 1 atom stereocenters. The molecule has 2 amide bonds. The van der Waals surface area contributed by atoms with Gasteiger partial charge in [0, 0.05) is 27.6 Å². The van der Waals surface area contributed by atoms with Crippen LogP contribution in [0.5, 0.6) is 0 Å². The molecule has 0 fully saturated rings. The fourth-order valence-electron chi connectivity index (χ4n) is 0.869. The van der Waals surface area contributed by atoms with Crippen molar-refractivity contribution >= 4 is 11.8 Å². The molecule has 0 aliphatic rings. The highest BCUT2D eigenvalue weighted by Gasteiger charge is 2.14. The third-order valence-electron chi connectivity index (χ3n) is 1.78. The highest BCUT2D eigenvalue weighted by Crippen LogP contribution is 1.97. The van der Waals surface area contributed by atoms with E-state index in [0.29, 0.717) is 6.54 Å². The van der Waals surface area contributed by atoms with E-state index in [1.54, 1.807) is 21.0 Å². The van der Waals surface area contributed by atoms with Crippen molar-refractivity contribution in [2.75, 3.05) is 20.6 Å². The van der Waals surface area contributed by atoms with Gasteiger partial charge >= 0.3 is 0 Å². The van der Waals surface area contributed by atoms with Gasteiger partial charge in [0.15, 0.2) is 0 Å². The van der Waals surface area contributed by atoms with Gasteiger partial charge in [0.1, 0.15) is 0 Å². The zero-order chi connectivity index (χ0) is 9.72. The Morgan fingerprint density at radius 1 is 1.50 bits per heavy atom. The molecule has 1 N–H and O–H groups in total. The molecule has 4 nitrogen and oxygen atoms in total. The molecule has 0 aliphatic heterocycles. The minimum absolute atomic E-state index is 0.0225. The van der Waals surface area contributed by atoms with E-state index in [2.05, 4.69) is 5.32 Å². The highest BCUT2D eigenvalue weighted by atomic mass is 16.2.